The van der Waals surface area contributed by atoms with Gasteiger partial charge in [-0.1, -0.05) is 29.0 Å². The molecule has 0 atom stereocenters. The Kier molecular flexibility index (Phi) is 4.07. The van der Waals surface area contributed by atoms with Crippen molar-refractivity contribution in [1.82, 2.24) is 19.8 Å². The molecule has 6 nitrogen and oxygen atoms in total. The first kappa shape index (κ1) is 15.6. The van der Waals surface area contributed by atoms with Crippen LogP contribution in [-0.2, 0) is 6.61 Å². The summed E-state index contributed by atoms with van der Waals surface area (Å²) >= 11 is 1.49. The monoisotopic (exact) mass is 352 g/mol. The molecule has 0 radical (unpaired) electrons. The van der Waals surface area contributed by atoms with Crippen LogP contribution in [0.1, 0.15) is 11.4 Å². The van der Waals surface area contributed by atoms with Gasteiger partial charge >= 0.3 is 0 Å². The lowest BCUT2D eigenvalue weighted by Gasteiger charge is -2.04. The summed E-state index contributed by atoms with van der Waals surface area (Å²) < 4.78 is 12.7. The summed E-state index contributed by atoms with van der Waals surface area (Å²) in [6.45, 7) is 2.36. The van der Waals surface area contributed by atoms with Crippen molar-refractivity contribution in [2.45, 2.75) is 13.5 Å². The molecule has 4 aromatic rings. The first-order valence-electron chi connectivity index (χ1n) is 7.78. The lowest BCUT2D eigenvalue weighted by molar-refractivity contribution is 0.293. The summed E-state index contributed by atoms with van der Waals surface area (Å²) in [7, 11) is 1.65. The summed E-state index contributed by atoms with van der Waals surface area (Å²) in [5.74, 6) is 2.29. The molecule has 0 spiro atoms. The third kappa shape index (κ3) is 3.18. The highest BCUT2D eigenvalue weighted by Gasteiger charge is 2.13. The smallest absolute Gasteiger partial charge is 0.235 e. The number of hydrogen-bond donors (Lipinski definition) is 0. The predicted octanol–water partition coefficient (Wildman–Crippen LogP) is 3.75. The Morgan fingerprint density at radius 1 is 0.960 bits per heavy atom. The molecular formula is C18H16N4O2S. The van der Waals surface area contributed by atoms with Gasteiger partial charge in [0.05, 0.1) is 7.11 Å². The molecule has 0 saturated carbocycles. The lowest BCUT2D eigenvalue weighted by atomic mass is 10.2. The van der Waals surface area contributed by atoms with Crippen LogP contribution in [0.15, 0.2) is 48.5 Å². The standard InChI is InChI=1S/C18H16N4O2S/c1-12-3-7-15(8-4-12)24-11-16-19-20-18-22(16)21-17(25-18)13-5-9-14(23-2)10-6-13/h3-10H,11H2,1-2H3. The van der Waals surface area contributed by atoms with Gasteiger partial charge in [-0.25, -0.2) is 0 Å². The first-order chi connectivity index (χ1) is 12.2. The van der Waals surface area contributed by atoms with Gasteiger partial charge in [-0.2, -0.15) is 9.61 Å². The average Bonchev–Trinajstić information content (AvgIpc) is 3.22. The molecule has 126 valence electrons. The number of benzene rings is 2. The Labute approximate surface area is 148 Å². The molecule has 0 amide bonds. The fraction of sp³-hybridized carbons (Fsp3) is 0.167. The van der Waals surface area contributed by atoms with Crippen molar-refractivity contribution >= 4 is 16.3 Å². The lowest BCUT2D eigenvalue weighted by Crippen LogP contribution is -2.02. The second-order valence-electron chi connectivity index (χ2n) is 5.55. The van der Waals surface area contributed by atoms with Gasteiger partial charge in [-0.15, -0.1) is 10.2 Å². The zero-order valence-corrected chi connectivity index (χ0v) is 14.7. The van der Waals surface area contributed by atoms with Crippen LogP contribution in [0.5, 0.6) is 11.5 Å². The van der Waals surface area contributed by atoms with Gasteiger partial charge in [0.2, 0.25) is 4.96 Å². The highest BCUT2D eigenvalue weighted by molar-refractivity contribution is 7.19. The van der Waals surface area contributed by atoms with Crippen LogP contribution in [0, 0.1) is 6.92 Å². The molecule has 0 fully saturated rings. The van der Waals surface area contributed by atoms with Crippen molar-refractivity contribution in [1.29, 1.82) is 0 Å². The van der Waals surface area contributed by atoms with Crippen molar-refractivity contribution in [2.24, 2.45) is 0 Å². The van der Waals surface area contributed by atoms with Crippen LogP contribution >= 0.6 is 11.3 Å². The molecule has 25 heavy (non-hydrogen) atoms. The number of aryl methyl sites for hydroxylation is 1. The molecule has 0 N–H and O–H groups in total. The molecule has 0 saturated heterocycles. The van der Waals surface area contributed by atoms with Crippen molar-refractivity contribution in [3.05, 3.63) is 59.9 Å². The van der Waals surface area contributed by atoms with E-state index in [1.165, 1.54) is 16.9 Å². The molecule has 0 aliphatic carbocycles. The third-order valence-electron chi connectivity index (χ3n) is 3.78. The number of nitrogens with zero attached hydrogens (tertiary/aromatic N) is 4. The number of methoxy groups -OCH3 is 1. The van der Waals surface area contributed by atoms with Crippen molar-refractivity contribution in [3.63, 3.8) is 0 Å². The number of ether oxygens (including phenoxy) is 2. The normalized spacial score (nSPS) is 11.0. The summed E-state index contributed by atoms with van der Waals surface area (Å²) in [5, 5.41) is 13.8. The van der Waals surface area contributed by atoms with E-state index in [9.17, 15) is 0 Å². The van der Waals surface area contributed by atoms with Gasteiger partial charge in [0.1, 0.15) is 23.1 Å². The van der Waals surface area contributed by atoms with Crippen LogP contribution in [0.3, 0.4) is 0 Å². The Morgan fingerprint density at radius 3 is 2.40 bits per heavy atom. The van der Waals surface area contributed by atoms with E-state index in [1.54, 1.807) is 11.6 Å². The maximum Gasteiger partial charge on any atom is 0.235 e. The van der Waals surface area contributed by atoms with Gasteiger partial charge in [0, 0.05) is 5.56 Å². The van der Waals surface area contributed by atoms with Crippen molar-refractivity contribution < 1.29 is 9.47 Å². The minimum atomic E-state index is 0.315. The minimum Gasteiger partial charge on any atom is -0.497 e. The Balaban J connectivity index is 1.56. The topological polar surface area (TPSA) is 61.5 Å². The van der Waals surface area contributed by atoms with E-state index in [1.807, 2.05) is 55.5 Å². The summed E-state index contributed by atoms with van der Waals surface area (Å²) in [6, 6.07) is 15.7. The quantitative estimate of drug-likeness (QED) is 0.547. The number of fused-ring (bicyclic) bond motifs is 1. The fourth-order valence-corrected chi connectivity index (χ4v) is 3.24. The van der Waals surface area contributed by atoms with E-state index < -0.39 is 0 Å². The Bertz CT molecular complexity index is 990. The number of rotatable bonds is 5. The SMILES string of the molecule is COc1ccc(-c2nn3c(COc4ccc(C)cc4)nnc3s2)cc1. The van der Waals surface area contributed by atoms with Gasteiger partial charge in [-0.05, 0) is 43.3 Å². The third-order valence-corrected chi connectivity index (χ3v) is 4.73. The van der Waals surface area contributed by atoms with E-state index >= 15 is 0 Å². The number of hydrogen-bond acceptors (Lipinski definition) is 6. The molecule has 0 aliphatic heterocycles. The van der Waals surface area contributed by atoms with Gasteiger partial charge in [0.15, 0.2) is 5.82 Å². The first-order valence-corrected chi connectivity index (χ1v) is 8.59. The largest absolute Gasteiger partial charge is 0.497 e. The average molecular weight is 352 g/mol. The molecule has 7 heteroatoms. The maximum atomic E-state index is 5.78. The van der Waals surface area contributed by atoms with Gasteiger partial charge in [-0.3, -0.25) is 0 Å². The molecule has 0 aliphatic rings. The molecule has 4 rings (SSSR count). The molecular weight excluding hydrogens is 336 g/mol. The summed E-state index contributed by atoms with van der Waals surface area (Å²) in [6.07, 6.45) is 0. The zero-order valence-electron chi connectivity index (χ0n) is 13.8. The number of aromatic nitrogens is 4. The molecule has 2 aromatic carbocycles. The van der Waals surface area contributed by atoms with E-state index in [0.717, 1.165) is 27.0 Å². The summed E-state index contributed by atoms with van der Waals surface area (Å²) in [4.78, 5) is 0.744. The molecule has 2 aromatic heterocycles. The van der Waals surface area contributed by atoms with E-state index in [2.05, 4.69) is 15.3 Å². The highest BCUT2D eigenvalue weighted by Crippen LogP contribution is 2.27. The van der Waals surface area contributed by atoms with Crippen LogP contribution < -0.4 is 9.47 Å². The molecule has 0 bridgehead atoms. The van der Waals surface area contributed by atoms with Crippen molar-refractivity contribution in [3.8, 4) is 22.1 Å². The van der Waals surface area contributed by atoms with Crippen LogP contribution in [0.2, 0.25) is 0 Å². The second kappa shape index (κ2) is 6.52. The Hall–Kier alpha value is -2.93. The van der Waals surface area contributed by atoms with E-state index in [4.69, 9.17) is 9.47 Å². The zero-order chi connectivity index (χ0) is 17.2. The minimum absolute atomic E-state index is 0.315. The predicted molar refractivity (Wildman–Crippen MR) is 96.2 cm³/mol. The van der Waals surface area contributed by atoms with Gasteiger partial charge < -0.3 is 9.47 Å². The molecule has 0 unspecified atom stereocenters. The van der Waals surface area contributed by atoms with Crippen molar-refractivity contribution in [2.75, 3.05) is 7.11 Å². The maximum absolute atomic E-state index is 5.78. The van der Waals surface area contributed by atoms with Crippen LogP contribution in [-0.4, -0.2) is 26.9 Å². The van der Waals surface area contributed by atoms with Gasteiger partial charge in [0.25, 0.3) is 0 Å². The fourth-order valence-electron chi connectivity index (χ4n) is 2.38. The second-order valence-corrected chi connectivity index (χ2v) is 6.50. The summed E-state index contributed by atoms with van der Waals surface area (Å²) in [5.41, 5.74) is 2.21. The highest BCUT2D eigenvalue weighted by atomic mass is 32.1. The Morgan fingerprint density at radius 2 is 1.68 bits per heavy atom. The van der Waals surface area contributed by atoms with Crippen LogP contribution in [0.25, 0.3) is 15.5 Å². The van der Waals surface area contributed by atoms with E-state index in [-0.39, 0.29) is 0 Å². The van der Waals surface area contributed by atoms with E-state index in [0.29, 0.717) is 12.4 Å². The van der Waals surface area contributed by atoms with Crippen LogP contribution in [0.4, 0.5) is 0 Å². The molecule has 2 heterocycles.